The molecule has 6 nitrogen and oxygen atoms in total. The summed E-state index contributed by atoms with van der Waals surface area (Å²) in [6, 6.07) is 29.4. The van der Waals surface area contributed by atoms with Crippen molar-refractivity contribution in [2.24, 2.45) is 0 Å². The second-order valence-electron chi connectivity index (χ2n) is 10.9. The maximum atomic E-state index is 6.12. The number of hydrogen-bond acceptors (Lipinski definition) is 6. The predicted octanol–water partition coefficient (Wildman–Crippen LogP) is 8.17. The molecule has 2 fully saturated rings. The van der Waals surface area contributed by atoms with E-state index >= 15 is 0 Å². The molecule has 2 aliphatic heterocycles. The van der Waals surface area contributed by atoms with Crippen LogP contribution in [0.4, 0.5) is 11.4 Å². The minimum absolute atomic E-state index is 0.646. The summed E-state index contributed by atoms with van der Waals surface area (Å²) in [6.07, 6.45) is 5.08. The van der Waals surface area contributed by atoms with Crippen molar-refractivity contribution in [3.05, 3.63) is 84.9 Å². The van der Waals surface area contributed by atoms with E-state index < -0.39 is 0 Å². The maximum absolute atomic E-state index is 6.12. The van der Waals surface area contributed by atoms with Crippen LogP contribution in [-0.2, 0) is 0 Å². The molecular weight excluding hydrogens is 496 g/mol. The first kappa shape index (κ1) is 23.3. The highest BCUT2D eigenvalue weighted by Gasteiger charge is 2.16. The number of aromatic nitrogens is 2. The minimum Gasteiger partial charge on any atom is -0.436 e. The van der Waals surface area contributed by atoms with Gasteiger partial charge in [-0.1, -0.05) is 12.1 Å². The van der Waals surface area contributed by atoms with Gasteiger partial charge < -0.3 is 18.6 Å². The molecule has 6 heteroatoms. The van der Waals surface area contributed by atoms with Crippen molar-refractivity contribution in [1.82, 2.24) is 9.97 Å². The number of oxazole rings is 2. The summed E-state index contributed by atoms with van der Waals surface area (Å²) in [4.78, 5) is 14.5. The van der Waals surface area contributed by atoms with Crippen molar-refractivity contribution >= 4 is 33.6 Å². The van der Waals surface area contributed by atoms with E-state index in [2.05, 4.69) is 82.6 Å². The van der Waals surface area contributed by atoms with Crippen molar-refractivity contribution in [3.63, 3.8) is 0 Å². The van der Waals surface area contributed by atoms with Crippen LogP contribution in [0.15, 0.2) is 93.8 Å². The molecule has 0 atom stereocenters. The summed E-state index contributed by atoms with van der Waals surface area (Å²) in [7, 11) is 0. The minimum atomic E-state index is 0.646. The Labute approximate surface area is 232 Å². The quantitative estimate of drug-likeness (QED) is 0.226. The largest absolute Gasteiger partial charge is 0.436 e. The molecule has 4 aromatic carbocycles. The number of fused-ring (bicyclic) bond motifs is 2. The Morgan fingerprint density at radius 1 is 0.450 bits per heavy atom. The van der Waals surface area contributed by atoms with Crippen LogP contribution < -0.4 is 9.80 Å². The highest BCUT2D eigenvalue weighted by atomic mass is 16.4. The molecule has 0 amide bonds. The van der Waals surface area contributed by atoms with Gasteiger partial charge in [-0.15, -0.1) is 0 Å². The zero-order chi connectivity index (χ0) is 26.5. The predicted molar refractivity (Wildman–Crippen MR) is 161 cm³/mol. The fourth-order valence-electron chi connectivity index (χ4n) is 6.04. The molecule has 0 saturated carbocycles. The molecule has 2 saturated heterocycles. The number of hydrogen-bond donors (Lipinski definition) is 0. The van der Waals surface area contributed by atoms with Crippen LogP contribution >= 0.6 is 0 Å². The van der Waals surface area contributed by atoms with Gasteiger partial charge in [0.05, 0.1) is 0 Å². The normalized spacial score (nSPS) is 15.6. The van der Waals surface area contributed by atoms with E-state index in [9.17, 15) is 0 Å². The van der Waals surface area contributed by atoms with E-state index in [1.165, 1.54) is 37.1 Å². The topological polar surface area (TPSA) is 58.5 Å². The van der Waals surface area contributed by atoms with Crippen LogP contribution in [0.3, 0.4) is 0 Å². The smallest absolute Gasteiger partial charge is 0.227 e. The summed E-state index contributed by atoms with van der Waals surface area (Å²) < 4.78 is 12.2. The lowest BCUT2D eigenvalue weighted by Gasteiger charge is -2.17. The molecule has 2 aliphatic rings. The second-order valence-corrected chi connectivity index (χ2v) is 10.9. The van der Waals surface area contributed by atoms with Gasteiger partial charge >= 0.3 is 0 Å². The summed E-state index contributed by atoms with van der Waals surface area (Å²) in [5.74, 6) is 1.29. The first-order chi connectivity index (χ1) is 19.8. The lowest BCUT2D eigenvalue weighted by Crippen LogP contribution is -2.17. The van der Waals surface area contributed by atoms with Gasteiger partial charge in [0.1, 0.15) is 11.0 Å². The van der Waals surface area contributed by atoms with Crippen molar-refractivity contribution in [2.45, 2.75) is 25.7 Å². The number of rotatable bonds is 5. The number of anilines is 2. The zero-order valence-electron chi connectivity index (χ0n) is 22.3. The Kier molecular flexibility index (Phi) is 5.57. The zero-order valence-corrected chi connectivity index (χ0v) is 22.3. The third-order valence-corrected chi connectivity index (χ3v) is 8.28. The Morgan fingerprint density at radius 2 is 0.825 bits per heavy atom. The Bertz CT molecular complexity index is 1670. The van der Waals surface area contributed by atoms with Gasteiger partial charge in [0.2, 0.25) is 11.8 Å². The van der Waals surface area contributed by atoms with Crippen molar-refractivity contribution in [2.75, 3.05) is 36.0 Å². The van der Waals surface area contributed by atoms with Crippen LogP contribution in [-0.4, -0.2) is 36.1 Å². The third-order valence-electron chi connectivity index (χ3n) is 8.28. The molecule has 0 N–H and O–H groups in total. The lowest BCUT2D eigenvalue weighted by molar-refractivity contribution is 0.619. The summed E-state index contributed by atoms with van der Waals surface area (Å²) in [5, 5.41) is 0. The van der Waals surface area contributed by atoms with Gasteiger partial charge in [-0.3, -0.25) is 0 Å². The lowest BCUT2D eigenvalue weighted by atomic mass is 10.0. The Morgan fingerprint density at radius 3 is 1.23 bits per heavy atom. The number of benzene rings is 4. The Hall–Kier alpha value is -4.58. The molecule has 0 radical (unpaired) electrons. The maximum Gasteiger partial charge on any atom is 0.227 e. The van der Waals surface area contributed by atoms with Crippen LogP contribution in [0.5, 0.6) is 0 Å². The monoisotopic (exact) mass is 526 g/mol. The van der Waals surface area contributed by atoms with Gasteiger partial charge in [0.15, 0.2) is 11.2 Å². The molecule has 8 rings (SSSR count). The fourth-order valence-corrected chi connectivity index (χ4v) is 6.04. The molecule has 198 valence electrons. The van der Waals surface area contributed by atoms with Gasteiger partial charge in [0.25, 0.3) is 0 Å². The fraction of sp³-hybridized carbons (Fsp3) is 0.235. The first-order valence-corrected chi connectivity index (χ1v) is 14.3. The van der Waals surface area contributed by atoms with Crippen molar-refractivity contribution in [3.8, 4) is 34.0 Å². The van der Waals surface area contributed by atoms with Crippen molar-refractivity contribution in [1.29, 1.82) is 0 Å². The summed E-state index contributed by atoms with van der Waals surface area (Å²) in [6.45, 7) is 4.55. The second kappa shape index (κ2) is 9.56. The number of nitrogens with zero attached hydrogens (tertiary/aromatic N) is 4. The van der Waals surface area contributed by atoms with Crippen LogP contribution in [0, 0.1) is 0 Å². The average molecular weight is 527 g/mol. The van der Waals surface area contributed by atoms with Crippen LogP contribution in [0.25, 0.3) is 56.2 Å². The van der Waals surface area contributed by atoms with E-state index in [4.69, 9.17) is 18.8 Å². The van der Waals surface area contributed by atoms with Crippen LogP contribution in [0.2, 0.25) is 0 Å². The van der Waals surface area contributed by atoms with E-state index in [0.717, 1.165) is 70.6 Å². The average Bonchev–Trinajstić information content (AvgIpc) is 3.83. The van der Waals surface area contributed by atoms with E-state index in [1.807, 2.05) is 12.1 Å². The highest BCUT2D eigenvalue weighted by Crippen LogP contribution is 2.33. The highest BCUT2D eigenvalue weighted by molar-refractivity contribution is 5.86. The molecule has 4 heterocycles. The SMILES string of the molecule is c1cc2oc(-c3ccc(N4CCCC4)cc3)nc2cc1-c1ccc2oc(-c3ccc(N4CCCC4)cc3)nc2c1. The third kappa shape index (κ3) is 4.20. The molecular formula is C34H30N4O2. The van der Waals surface area contributed by atoms with E-state index in [-0.39, 0.29) is 0 Å². The molecule has 2 aromatic heterocycles. The van der Waals surface area contributed by atoms with E-state index in [0.29, 0.717) is 11.8 Å². The van der Waals surface area contributed by atoms with Gasteiger partial charge in [-0.2, -0.15) is 0 Å². The molecule has 0 aliphatic carbocycles. The van der Waals surface area contributed by atoms with E-state index in [1.54, 1.807) is 0 Å². The van der Waals surface area contributed by atoms with Crippen LogP contribution in [0.1, 0.15) is 25.7 Å². The van der Waals surface area contributed by atoms with Crippen molar-refractivity contribution < 1.29 is 8.83 Å². The summed E-state index contributed by atoms with van der Waals surface area (Å²) >= 11 is 0. The molecule has 6 aromatic rings. The van der Waals surface area contributed by atoms with Gasteiger partial charge in [0, 0.05) is 48.7 Å². The van der Waals surface area contributed by atoms with Gasteiger partial charge in [-0.25, -0.2) is 9.97 Å². The standard InChI is InChI=1S/C34H30N4O2/c1-2-18-37(17-1)27-11-5-23(6-12-27)33-35-29-21-25(9-15-31(29)39-33)26-10-16-32-30(22-26)36-34(40-32)24-7-13-28(14-8-24)38-19-3-4-20-38/h5-16,21-22H,1-4,17-20H2. The molecule has 0 unspecified atom stereocenters. The molecule has 0 bridgehead atoms. The van der Waals surface area contributed by atoms with Gasteiger partial charge in [-0.05, 0) is 110 Å². The first-order valence-electron chi connectivity index (χ1n) is 14.3. The Balaban J connectivity index is 1.05. The molecule has 40 heavy (non-hydrogen) atoms. The molecule has 0 spiro atoms. The summed E-state index contributed by atoms with van der Waals surface area (Å²) in [5.41, 5.74) is 9.90.